The summed E-state index contributed by atoms with van der Waals surface area (Å²) in [5.41, 5.74) is 3.24. The standard InChI is InChI=1S/C28H36N2O3.C2HF3O2/c1-22(2)20-33-26-6-4-3-5-25(26)19-29-15-12-28(21-29)13-16-30(17-14-28)27(32)24-9-7-23(8-10-24)11-18-31;3-2(4,5)1(6)7/h3-10,18,22H,11-17,19-21H2,1-2H3;(H,6,7). The van der Waals surface area contributed by atoms with Crippen LogP contribution < -0.4 is 4.74 Å². The molecule has 2 aromatic carbocycles. The SMILES string of the molecule is CC(C)COc1ccccc1CN1CCC2(CCN(C(=O)c3ccc(CC=O)cc3)CC2)C1.O=C(O)C(F)(F)F. The van der Waals surface area contributed by atoms with Gasteiger partial charge < -0.3 is 19.5 Å². The molecule has 0 radical (unpaired) electrons. The fraction of sp³-hybridized carbons (Fsp3) is 0.500. The normalized spacial score (nSPS) is 16.9. The number of hydrogen-bond acceptors (Lipinski definition) is 5. The maximum absolute atomic E-state index is 13.0. The van der Waals surface area contributed by atoms with E-state index in [1.807, 2.05) is 35.2 Å². The third kappa shape index (κ3) is 8.81. The van der Waals surface area contributed by atoms with Crippen LogP contribution in [0.1, 0.15) is 54.6 Å². The van der Waals surface area contributed by atoms with Crippen molar-refractivity contribution in [1.82, 2.24) is 9.80 Å². The van der Waals surface area contributed by atoms with Gasteiger partial charge in [0, 0.05) is 43.7 Å². The summed E-state index contributed by atoms with van der Waals surface area (Å²) in [7, 11) is 0. The second-order valence-corrected chi connectivity index (χ2v) is 10.9. The van der Waals surface area contributed by atoms with Crippen LogP contribution in [0.5, 0.6) is 5.75 Å². The number of alkyl halides is 3. The van der Waals surface area contributed by atoms with Crippen molar-refractivity contribution >= 4 is 18.2 Å². The second-order valence-electron chi connectivity index (χ2n) is 10.9. The van der Waals surface area contributed by atoms with E-state index in [-0.39, 0.29) is 5.91 Å². The van der Waals surface area contributed by atoms with Crippen LogP contribution in [-0.2, 0) is 22.6 Å². The number of carboxylic acids is 1. The van der Waals surface area contributed by atoms with E-state index >= 15 is 0 Å². The van der Waals surface area contributed by atoms with Crippen molar-refractivity contribution in [2.45, 2.75) is 52.3 Å². The Labute approximate surface area is 232 Å². The summed E-state index contributed by atoms with van der Waals surface area (Å²) in [5, 5.41) is 7.12. The lowest BCUT2D eigenvalue weighted by atomic mass is 9.77. The van der Waals surface area contributed by atoms with Crippen LogP contribution in [0.15, 0.2) is 48.5 Å². The van der Waals surface area contributed by atoms with Gasteiger partial charge in [0.1, 0.15) is 12.0 Å². The Morgan fingerprint density at radius 2 is 1.62 bits per heavy atom. The summed E-state index contributed by atoms with van der Waals surface area (Å²) in [5.74, 6) is -1.14. The third-order valence-electron chi connectivity index (χ3n) is 7.33. The molecule has 0 aromatic heterocycles. The minimum absolute atomic E-state index is 0.105. The van der Waals surface area contributed by atoms with E-state index in [1.165, 1.54) is 12.0 Å². The number of rotatable bonds is 8. The Morgan fingerprint density at radius 1 is 1.02 bits per heavy atom. The molecule has 2 heterocycles. The predicted molar refractivity (Wildman–Crippen MR) is 144 cm³/mol. The van der Waals surface area contributed by atoms with E-state index < -0.39 is 12.1 Å². The number of aldehydes is 1. The van der Waals surface area contributed by atoms with Crippen LogP contribution in [0.3, 0.4) is 0 Å². The molecule has 0 aliphatic carbocycles. The van der Waals surface area contributed by atoms with Crippen LogP contribution in [-0.4, -0.2) is 72.0 Å². The van der Waals surface area contributed by atoms with Crippen LogP contribution in [0, 0.1) is 11.3 Å². The van der Waals surface area contributed by atoms with Gasteiger partial charge in [-0.15, -0.1) is 0 Å². The number of piperidine rings is 1. The number of aliphatic carboxylic acids is 1. The minimum Gasteiger partial charge on any atom is -0.493 e. The smallest absolute Gasteiger partial charge is 0.490 e. The molecule has 218 valence electrons. The molecule has 1 N–H and O–H groups in total. The summed E-state index contributed by atoms with van der Waals surface area (Å²) in [6.45, 7) is 9.84. The summed E-state index contributed by atoms with van der Waals surface area (Å²) in [6, 6.07) is 15.9. The molecule has 0 bridgehead atoms. The molecule has 1 spiro atoms. The molecule has 2 fully saturated rings. The monoisotopic (exact) mass is 562 g/mol. The molecule has 2 aliphatic rings. The zero-order valence-electron chi connectivity index (χ0n) is 23.0. The number of halogens is 3. The molecule has 1 amide bonds. The highest BCUT2D eigenvalue weighted by atomic mass is 19.4. The number of carbonyl (C=O) groups is 3. The van der Waals surface area contributed by atoms with Gasteiger partial charge in [-0.1, -0.05) is 44.2 Å². The van der Waals surface area contributed by atoms with Crippen LogP contribution in [0.4, 0.5) is 13.2 Å². The molecule has 40 heavy (non-hydrogen) atoms. The average Bonchev–Trinajstić information content (AvgIpc) is 3.30. The fourth-order valence-electron chi connectivity index (χ4n) is 5.09. The van der Waals surface area contributed by atoms with E-state index in [0.29, 0.717) is 23.3 Å². The maximum atomic E-state index is 13.0. The van der Waals surface area contributed by atoms with Gasteiger partial charge in [-0.2, -0.15) is 13.2 Å². The topological polar surface area (TPSA) is 87.2 Å². The Morgan fingerprint density at radius 3 is 2.20 bits per heavy atom. The van der Waals surface area contributed by atoms with Gasteiger partial charge in [0.15, 0.2) is 0 Å². The zero-order chi connectivity index (χ0) is 29.3. The van der Waals surface area contributed by atoms with Crippen molar-refractivity contribution in [2.75, 3.05) is 32.8 Å². The number of hydrogen-bond donors (Lipinski definition) is 1. The van der Waals surface area contributed by atoms with Gasteiger partial charge in [-0.05, 0) is 60.9 Å². The van der Waals surface area contributed by atoms with Crippen LogP contribution in [0.2, 0.25) is 0 Å². The van der Waals surface area contributed by atoms with E-state index in [2.05, 4.69) is 36.9 Å². The van der Waals surface area contributed by atoms with E-state index in [9.17, 15) is 22.8 Å². The first-order valence-corrected chi connectivity index (χ1v) is 13.5. The summed E-state index contributed by atoms with van der Waals surface area (Å²) in [4.78, 5) is 37.1. The van der Waals surface area contributed by atoms with Crippen LogP contribution >= 0.6 is 0 Å². The number of para-hydroxylation sites is 1. The van der Waals surface area contributed by atoms with Gasteiger partial charge in [-0.25, -0.2) is 4.79 Å². The lowest BCUT2D eigenvalue weighted by molar-refractivity contribution is -0.192. The molecule has 4 rings (SSSR count). The minimum atomic E-state index is -5.08. The first kappa shape index (κ1) is 31.1. The van der Waals surface area contributed by atoms with Crippen molar-refractivity contribution in [3.8, 4) is 5.75 Å². The Balaban J connectivity index is 0.000000559. The second kappa shape index (κ2) is 13.8. The quantitative estimate of drug-likeness (QED) is 0.444. The molecule has 0 saturated carbocycles. The number of nitrogens with zero attached hydrogens (tertiary/aromatic N) is 2. The number of benzene rings is 2. The number of likely N-dealkylation sites (tertiary alicyclic amines) is 2. The summed E-state index contributed by atoms with van der Waals surface area (Å²) >= 11 is 0. The van der Waals surface area contributed by atoms with Crippen molar-refractivity contribution in [1.29, 1.82) is 0 Å². The Bertz CT molecular complexity index is 1140. The summed E-state index contributed by atoms with van der Waals surface area (Å²) < 4.78 is 37.8. The third-order valence-corrected chi connectivity index (χ3v) is 7.33. The number of carbonyl (C=O) groups excluding carboxylic acids is 2. The summed E-state index contributed by atoms with van der Waals surface area (Å²) in [6.07, 6.45) is -0.479. The molecule has 7 nitrogen and oxygen atoms in total. The lowest BCUT2D eigenvalue weighted by Gasteiger charge is -2.39. The predicted octanol–water partition coefficient (Wildman–Crippen LogP) is 5.22. The highest BCUT2D eigenvalue weighted by Gasteiger charge is 2.41. The molecule has 0 atom stereocenters. The van der Waals surface area contributed by atoms with Crippen molar-refractivity contribution in [3.63, 3.8) is 0 Å². The molecule has 10 heteroatoms. The fourth-order valence-corrected chi connectivity index (χ4v) is 5.09. The Hall–Kier alpha value is -3.40. The molecular weight excluding hydrogens is 525 g/mol. The number of carboxylic acid groups (broad SMARTS) is 1. The highest BCUT2D eigenvalue weighted by Crippen LogP contribution is 2.41. The van der Waals surface area contributed by atoms with Gasteiger partial charge in [0.2, 0.25) is 0 Å². The molecule has 2 aliphatic heterocycles. The lowest BCUT2D eigenvalue weighted by Crippen LogP contribution is -2.44. The first-order valence-electron chi connectivity index (χ1n) is 13.5. The number of amides is 1. The van der Waals surface area contributed by atoms with Crippen LogP contribution in [0.25, 0.3) is 0 Å². The van der Waals surface area contributed by atoms with Crippen molar-refractivity contribution in [2.24, 2.45) is 11.3 Å². The molecular formula is C30H37F3N2O5. The van der Waals surface area contributed by atoms with Gasteiger partial charge >= 0.3 is 12.1 Å². The van der Waals surface area contributed by atoms with E-state index in [0.717, 1.165) is 69.8 Å². The van der Waals surface area contributed by atoms with Crippen molar-refractivity contribution in [3.05, 3.63) is 65.2 Å². The van der Waals surface area contributed by atoms with E-state index in [1.54, 1.807) is 0 Å². The highest BCUT2D eigenvalue weighted by molar-refractivity contribution is 5.94. The van der Waals surface area contributed by atoms with Gasteiger partial charge in [-0.3, -0.25) is 9.69 Å². The zero-order valence-corrected chi connectivity index (χ0v) is 23.0. The molecule has 2 aromatic rings. The van der Waals surface area contributed by atoms with Crippen molar-refractivity contribution < 1.29 is 37.4 Å². The first-order chi connectivity index (χ1) is 18.9. The largest absolute Gasteiger partial charge is 0.493 e. The average molecular weight is 563 g/mol. The van der Waals surface area contributed by atoms with Gasteiger partial charge in [0.25, 0.3) is 5.91 Å². The van der Waals surface area contributed by atoms with Gasteiger partial charge in [0.05, 0.1) is 6.61 Å². The Kier molecular flexibility index (Phi) is 10.7. The molecule has 2 saturated heterocycles. The number of ether oxygens (including phenoxy) is 1. The van der Waals surface area contributed by atoms with E-state index in [4.69, 9.17) is 14.6 Å². The molecule has 0 unspecified atom stereocenters. The maximum Gasteiger partial charge on any atom is 0.490 e.